The molecule has 0 aliphatic carbocycles. The summed E-state index contributed by atoms with van der Waals surface area (Å²) in [5.41, 5.74) is 2.19. The zero-order valence-electron chi connectivity index (χ0n) is 10.6. The quantitative estimate of drug-likeness (QED) is 0.347. The molecule has 2 rings (SSSR count). The summed E-state index contributed by atoms with van der Waals surface area (Å²) >= 11 is 1.46. The van der Waals surface area contributed by atoms with Gasteiger partial charge in [0, 0.05) is 10.3 Å². The van der Waals surface area contributed by atoms with Gasteiger partial charge >= 0.3 is 0 Å². The van der Waals surface area contributed by atoms with Crippen LogP contribution >= 0.6 is 11.8 Å². The Morgan fingerprint density at radius 3 is 2.63 bits per heavy atom. The lowest BCUT2D eigenvalue weighted by molar-refractivity contribution is -0.120. The number of aromatic hydroxyl groups is 1. The lowest BCUT2D eigenvalue weighted by Gasteiger charge is -2.14. The predicted octanol–water partition coefficient (Wildman–Crippen LogP) is 2.41. The van der Waals surface area contributed by atoms with Gasteiger partial charge in [0.1, 0.15) is 5.75 Å². The van der Waals surface area contributed by atoms with Crippen LogP contribution in [0.15, 0.2) is 41.3 Å². The number of nitrogens with one attached hydrogen (secondary N) is 1. The summed E-state index contributed by atoms with van der Waals surface area (Å²) in [7, 11) is 0. The van der Waals surface area contributed by atoms with Crippen LogP contribution in [0.1, 0.15) is 13.3 Å². The number of hydrazine groups is 1. The molecule has 1 atom stereocenters. The van der Waals surface area contributed by atoms with E-state index in [-0.39, 0.29) is 16.9 Å². The topological polar surface area (TPSA) is 75.3 Å². The van der Waals surface area contributed by atoms with Gasteiger partial charge in [-0.05, 0) is 23.9 Å². The van der Waals surface area contributed by atoms with Crippen LogP contribution in [0.2, 0.25) is 0 Å². The fraction of sp³-hybridized carbons (Fsp3) is 0.214. The first-order chi connectivity index (χ1) is 9.17. The highest BCUT2D eigenvalue weighted by molar-refractivity contribution is 8.00. The number of rotatable bonds is 4. The van der Waals surface area contributed by atoms with Crippen molar-refractivity contribution in [2.24, 2.45) is 5.84 Å². The minimum absolute atomic E-state index is 0.190. The first-order valence-electron chi connectivity index (χ1n) is 6.05. The van der Waals surface area contributed by atoms with Gasteiger partial charge in [0.05, 0.1) is 5.25 Å². The number of amides is 1. The Labute approximate surface area is 116 Å². The minimum atomic E-state index is -0.238. The Balaban J connectivity index is 2.40. The second-order valence-corrected chi connectivity index (χ2v) is 5.40. The van der Waals surface area contributed by atoms with Crippen LogP contribution < -0.4 is 11.3 Å². The zero-order valence-corrected chi connectivity index (χ0v) is 11.4. The molecule has 0 bridgehead atoms. The normalized spacial score (nSPS) is 12.3. The molecule has 4 N–H and O–H groups in total. The van der Waals surface area contributed by atoms with Crippen LogP contribution in [-0.2, 0) is 4.79 Å². The van der Waals surface area contributed by atoms with Crippen LogP contribution in [0.3, 0.4) is 0 Å². The molecule has 0 saturated heterocycles. The number of hydrogen-bond donors (Lipinski definition) is 3. The third-order valence-corrected chi connectivity index (χ3v) is 4.38. The largest absolute Gasteiger partial charge is 0.507 e. The molecular weight excluding hydrogens is 260 g/mol. The highest BCUT2D eigenvalue weighted by Crippen LogP contribution is 2.35. The summed E-state index contributed by atoms with van der Waals surface area (Å²) in [6, 6.07) is 11.1. The van der Waals surface area contributed by atoms with E-state index in [4.69, 9.17) is 5.84 Å². The van der Waals surface area contributed by atoms with E-state index in [2.05, 4.69) is 5.43 Å². The average Bonchev–Trinajstić information content (AvgIpc) is 2.46. The Kier molecular flexibility index (Phi) is 4.29. The van der Waals surface area contributed by atoms with Gasteiger partial charge in [-0.25, -0.2) is 5.84 Å². The van der Waals surface area contributed by atoms with Crippen molar-refractivity contribution >= 4 is 28.4 Å². The second-order valence-electron chi connectivity index (χ2n) is 4.15. The van der Waals surface area contributed by atoms with Gasteiger partial charge in [-0.1, -0.05) is 31.2 Å². The number of nitrogens with two attached hydrogens (primary N) is 1. The van der Waals surface area contributed by atoms with Gasteiger partial charge in [0.15, 0.2) is 0 Å². The van der Waals surface area contributed by atoms with E-state index in [9.17, 15) is 9.90 Å². The molecule has 19 heavy (non-hydrogen) atoms. The molecule has 2 aromatic carbocycles. The van der Waals surface area contributed by atoms with Gasteiger partial charge in [-0.3, -0.25) is 10.2 Å². The van der Waals surface area contributed by atoms with Gasteiger partial charge in [-0.2, -0.15) is 0 Å². The first-order valence-corrected chi connectivity index (χ1v) is 6.93. The lowest BCUT2D eigenvalue weighted by atomic mass is 10.1. The summed E-state index contributed by atoms with van der Waals surface area (Å²) in [5.74, 6) is 5.24. The van der Waals surface area contributed by atoms with Crippen LogP contribution in [0.4, 0.5) is 0 Å². The third-order valence-electron chi connectivity index (χ3n) is 2.94. The molecule has 0 heterocycles. The number of benzene rings is 2. The summed E-state index contributed by atoms with van der Waals surface area (Å²) in [6.07, 6.45) is 0.683. The van der Waals surface area contributed by atoms with Gasteiger partial charge in [0.2, 0.25) is 5.91 Å². The molecule has 0 radical (unpaired) electrons. The monoisotopic (exact) mass is 276 g/mol. The molecule has 0 saturated carbocycles. The van der Waals surface area contributed by atoms with E-state index in [0.29, 0.717) is 6.42 Å². The van der Waals surface area contributed by atoms with Crippen LogP contribution in [0, 0.1) is 0 Å². The van der Waals surface area contributed by atoms with E-state index in [1.54, 1.807) is 6.07 Å². The Morgan fingerprint density at radius 1 is 1.32 bits per heavy atom. The molecular formula is C14H16N2O2S. The standard InChI is InChI=1S/C14H16N2O2S/c1-2-12(14(18)16-15)19-13-8-7-11(17)9-5-3-4-6-10(9)13/h3-8,12,17H,2,15H2,1H3,(H,16,18). The van der Waals surface area contributed by atoms with E-state index in [1.165, 1.54) is 11.8 Å². The van der Waals surface area contributed by atoms with E-state index in [0.717, 1.165) is 15.7 Å². The first kappa shape index (κ1) is 13.7. The molecule has 0 aliphatic heterocycles. The number of hydrogen-bond acceptors (Lipinski definition) is 4. The van der Waals surface area contributed by atoms with Crippen LogP contribution in [0.25, 0.3) is 10.8 Å². The van der Waals surface area contributed by atoms with Gasteiger partial charge in [-0.15, -0.1) is 11.8 Å². The number of fused-ring (bicyclic) bond motifs is 1. The minimum Gasteiger partial charge on any atom is -0.507 e. The summed E-state index contributed by atoms with van der Waals surface area (Å²) in [5, 5.41) is 11.3. The van der Waals surface area contributed by atoms with E-state index in [1.807, 2.05) is 37.3 Å². The van der Waals surface area contributed by atoms with Crippen LogP contribution in [-0.4, -0.2) is 16.3 Å². The van der Waals surface area contributed by atoms with Crippen molar-refractivity contribution in [1.82, 2.24) is 5.43 Å². The van der Waals surface area contributed by atoms with Crippen molar-refractivity contribution in [3.8, 4) is 5.75 Å². The maximum absolute atomic E-state index is 11.6. The molecule has 0 aliphatic rings. The molecule has 4 nitrogen and oxygen atoms in total. The average molecular weight is 276 g/mol. The molecule has 0 fully saturated rings. The maximum Gasteiger partial charge on any atom is 0.247 e. The number of phenolic OH excluding ortho intramolecular Hbond substituents is 1. The SMILES string of the molecule is CCC(Sc1ccc(O)c2ccccc12)C(=O)NN. The fourth-order valence-corrected chi connectivity index (χ4v) is 3.03. The number of thioether (sulfide) groups is 1. The highest BCUT2D eigenvalue weighted by atomic mass is 32.2. The molecule has 5 heteroatoms. The fourth-order valence-electron chi connectivity index (χ4n) is 1.93. The van der Waals surface area contributed by atoms with Crippen molar-refractivity contribution in [1.29, 1.82) is 0 Å². The summed E-state index contributed by atoms with van der Waals surface area (Å²) in [4.78, 5) is 12.6. The molecule has 1 amide bonds. The lowest BCUT2D eigenvalue weighted by Crippen LogP contribution is -2.37. The van der Waals surface area contributed by atoms with Crippen molar-refractivity contribution in [2.45, 2.75) is 23.5 Å². The number of carbonyl (C=O) groups is 1. The van der Waals surface area contributed by atoms with Crippen LogP contribution in [0.5, 0.6) is 5.75 Å². The van der Waals surface area contributed by atoms with Crippen molar-refractivity contribution in [3.05, 3.63) is 36.4 Å². The maximum atomic E-state index is 11.6. The Hall–Kier alpha value is -1.72. The Morgan fingerprint density at radius 2 is 2.00 bits per heavy atom. The van der Waals surface area contributed by atoms with Gasteiger partial charge in [0.25, 0.3) is 0 Å². The van der Waals surface area contributed by atoms with Gasteiger partial charge < -0.3 is 5.11 Å². The zero-order chi connectivity index (χ0) is 13.8. The van der Waals surface area contributed by atoms with Crippen molar-refractivity contribution in [3.63, 3.8) is 0 Å². The number of phenols is 1. The van der Waals surface area contributed by atoms with E-state index >= 15 is 0 Å². The smallest absolute Gasteiger partial charge is 0.247 e. The predicted molar refractivity (Wildman–Crippen MR) is 77.9 cm³/mol. The highest BCUT2D eigenvalue weighted by Gasteiger charge is 2.18. The molecule has 2 aromatic rings. The van der Waals surface area contributed by atoms with Crippen molar-refractivity contribution in [2.75, 3.05) is 0 Å². The molecule has 100 valence electrons. The molecule has 0 aromatic heterocycles. The summed E-state index contributed by atoms with van der Waals surface area (Å²) < 4.78 is 0. The Bertz CT molecular complexity index is 601. The number of carbonyl (C=O) groups excluding carboxylic acids is 1. The third kappa shape index (κ3) is 2.83. The molecule has 1 unspecified atom stereocenters. The van der Waals surface area contributed by atoms with Crippen molar-refractivity contribution < 1.29 is 9.90 Å². The molecule has 0 spiro atoms. The summed E-state index contributed by atoms with van der Waals surface area (Å²) in [6.45, 7) is 1.94. The second kappa shape index (κ2) is 5.95. The van der Waals surface area contributed by atoms with E-state index < -0.39 is 0 Å².